The molecule has 0 aromatic heterocycles. The monoisotopic (exact) mass is 788 g/mol. The third kappa shape index (κ3) is 9.95. The van der Waals surface area contributed by atoms with Gasteiger partial charge in [-0.1, -0.05) is 34.1 Å². The van der Waals surface area contributed by atoms with Gasteiger partial charge in [-0.3, -0.25) is 14.5 Å². The van der Waals surface area contributed by atoms with Crippen molar-refractivity contribution >= 4 is 11.8 Å². The quantitative estimate of drug-likeness (QED) is 0.263. The van der Waals surface area contributed by atoms with Crippen molar-refractivity contribution in [1.82, 2.24) is 4.90 Å². The van der Waals surface area contributed by atoms with Crippen molar-refractivity contribution in [2.75, 3.05) is 27.3 Å². The largest absolute Gasteiger partial charge is 0.459 e. The third-order valence-corrected chi connectivity index (χ3v) is 13.5. The summed E-state index contributed by atoms with van der Waals surface area (Å²) in [6.45, 7) is 19.0. The number of ketones is 1. The number of esters is 1. The Balaban J connectivity index is 1.84. The molecule has 4 aliphatic rings. The highest BCUT2D eigenvalue weighted by molar-refractivity contribution is 5.83. The Kier molecular flexibility index (Phi) is 15.8. The van der Waals surface area contributed by atoms with Crippen LogP contribution < -0.4 is 0 Å². The zero-order valence-corrected chi connectivity index (χ0v) is 35.4. The number of aliphatic hydroxyl groups is 4. The molecule has 4 rings (SSSR count). The van der Waals surface area contributed by atoms with Crippen LogP contribution in [0.4, 0.5) is 0 Å². The van der Waals surface area contributed by atoms with E-state index in [9.17, 15) is 30.0 Å². The summed E-state index contributed by atoms with van der Waals surface area (Å²) < 4.78 is 44.4. The number of carbonyl (C=O) groups is 2. The van der Waals surface area contributed by atoms with E-state index < -0.39 is 102 Å². The maximum absolute atomic E-state index is 14.3. The van der Waals surface area contributed by atoms with Crippen molar-refractivity contribution in [2.24, 2.45) is 23.7 Å². The van der Waals surface area contributed by atoms with Crippen LogP contribution in [0.15, 0.2) is 0 Å². The van der Waals surface area contributed by atoms with E-state index in [0.29, 0.717) is 6.42 Å². The van der Waals surface area contributed by atoms with Crippen LogP contribution in [0.3, 0.4) is 0 Å². The smallest absolute Gasteiger partial charge is 0.311 e. The summed E-state index contributed by atoms with van der Waals surface area (Å²) >= 11 is 0. The maximum atomic E-state index is 14.3. The molecule has 0 unspecified atom stereocenters. The predicted octanol–water partition coefficient (Wildman–Crippen LogP) is 3.36. The Morgan fingerprint density at radius 1 is 0.818 bits per heavy atom. The van der Waals surface area contributed by atoms with Gasteiger partial charge in [0.15, 0.2) is 12.6 Å². The average molecular weight is 788 g/mol. The van der Waals surface area contributed by atoms with Crippen molar-refractivity contribution in [3.05, 3.63) is 0 Å². The highest BCUT2D eigenvalue weighted by atomic mass is 16.7. The van der Waals surface area contributed by atoms with Gasteiger partial charge in [0.05, 0.1) is 47.6 Å². The van der Waals surface area contributed by atoms with Crippen LogP contribution >= 0.6 is 0 Å². The fourth-order valence-electron chi connectivity index (χ4n) is 9.68. The zero-order valence-electron chi connectivity index (χ0n) is 35.4. The Hall–Kier alpha value is -1.30. The van der Waals surface area contributed by atoms with E-state index >= 15 is 0 Å². The van der Waals surface area contributed by atoms with Crippen molar-refractivity contribution < 1.29 is 63.2 Å². The van der Waals surface area contributed by atoms with Crippen LogP contribution in [-0.2, 0) is 42.7 Å². The standard InChI is InChI=1S/C41H73NO13/c1-13-29-41(10,48)34(45)24(4)31(43)22(2)20-40(9,50-12)36(55-38-32(44)28(19-23(3)51-38)42-17-15-14-16-18-42)25(5)33(26(6)37(47)53-29)54-30-21-39(8,49-11)35(46)27(7)52-30/h22-30,32-36,38,44-46,48H,13-21H2,1-12H3/t22-,23+,24+,25+,26-,27+,28-,29-,30+,32+,33+,34-,35+,36-,38-,39-,40-,41-/m1/s1. The van der Waals surface area contributed by atoms with Crippen molar-refractivity contribution in [1.29, 1.82) is 0 Å². The highest BCUT2D eigenvalue weighted by Crippen LogP contribution is 2.42. The summed E-state index contributed by atoms with van der Waals surface area (Å²) in [5, 5.41) is 46.1. The van der Waals surface area contributed by atoms with Crippen LogP contribution in [0.5, 0.6) is 0 Å². The number of carbonyl (C=O) groups excluding carboxylic acids is 2. The predicted molar refractivity (Wildman–Crippen MR) is 203 cm³/mol. The summed E-state index contributed by atoms with van der Waals surface area (Å²) in [7, 11) is 3.04. The van der Waals surface area contributed by atoms with Gasteiger partial charge in [0.25, 0.3) is 0 Å². The summed E-state index contributed by atoms with van der Waals surface area (Å²) in [4.78, 5) is 30.7. The SMILES string of the molecule is CC[C@H]1OC(=O)[C@H](C)[C@@H](O[C@H]2C[C@@](C)(OC)[C@@H](O)[C@H](C)O2)[C@H](C)[C@@H](O[C@H]2O[C@@H](C)C[C@@H](N3CCCCC3)[C@@H]2O)[C@](C)(OC)C[C@@H](C)C(=O)[C@H](C)[C@@H](O)[C@]1(C)O. The van der Waals surface area contributed by atoms with Crippen LogP contribution in [-0.4, -0.2) is 149 Å². The molecule has 320 valence electrons. The van der Waals surface area contributed by atoms with Gasteiger partial charge in [0.1, 0.15) is 29.7 Å². The van der Waals surface area contributed by atoms with Crippen LogP contribution in [0.2, 0.25) is 0 Å². The molecule has 0 amide bonds. The van der Waals surface area contributed by atoms with Crippen LogP contribution in [0.25, 0.3) is 0 Å². The van der Waals surface area contributed by atoms with Crippen LogP contribution in [0.1, 0.15) is 114 Å². The van der Waals surface area contributed by atoms with E-state index in [1.807, 2.05) is 20.8 Å². The minimum atomic E-state index is -1.96. The lowest BCUT2D eigenvalue weighted by atomic mass is 9.74. The van der Waals surface area contributed by atoms with Gasteiger partial charge in [0.2, 0.25) is 0 Å². The number of rotatable bonds is 8. The van der Waals surface area contributed by atoms with Gasteiger partial charge in [-0.25, -0.2) is 0 Å². The van der Waals surface area contributed by atoms with E-state index in [2.05, 4.69) is 4.90 Å². The number of methoxy groups -OCH3 is 2. The summed E-state index contributed by atoms with van der Waals surface area (Å²) in [6, 6.07) is -0.200. The molecule has 14 nitrogen and oxygen atoms in total. The topological polar surface area (TPSA) is 183 Å². The molecule has 4 aliphatic heterocycles. The van der Waals surface area contributed by atoms with Gasteiger partial charge < -0.3 is 53.6 Å². The summed E-state index contributed by atoms with van der Waals surface area (Å²) in [5.74, 6) is -4.42. The number of aliphatic hydroxyl groups excluding tert-OH is 3. The second-order valence-electron chi connectivity index (χ2n) is 17.8. The Morgan fingerprint density at radius 2 is 1.44 bits per heavy atom. The lowest BCUT2D eigenvalue weighted by Crippen LogP contribution is -2.62. The Bertz CT molecular complexity index is 1260. The van der Waals surface area contributed by atoms with Crippen LogP contribution in [0, 0.1) is 23.7 Å². The molecule has 18 atom stereocenters. The third-order valence-electron chi connectivity index (χ3n) is 13.5. The first-order valence-corrected chi connectivity index (χ1v) is 20.6. The minimum Gasteiger partial charge on any atom is -0.459 e. The number of Topliss-reactive ketones (excluding diaryl/α,β-unsaturated/α-hetero) is 1. The maximum Gasteiger partial charge on any atom is 0.311 e. The van der Waals surface area contributed by atoms with Crippen molar-refractivity contribution in [3.63, 3.8) is 0 Å². The molecule has 4 heterocycles. The van der Waals surface area contributed by atoms with Crippen molar-refractivity contribution in [2.45, 2.75) is 198 Å². The number of piperidine rings is 1. The number of hydrogen-bond acceptors (Lipinski definition) is 14. The molecule has 0 aromatic carbocycles. The zero-order chi connectivity index (χ0) is 41.2. The fourth-order valence-corrected chi connectivity index (χ4v) is 9.68. The molecule has 4 fully saturated rings. The summed E-state index contributed by atoms with van der Waals surface area (Å²) in [6.07, 6.45) is -5.26. The Labute approximate surface area is 328 Å². The molecule has 4 saturated heterocycles. The van der Waals surface area contributed by atoms with E-state index in [1.165, 1.54) is 21.1 Å². The molecular weight excluding hydrogens is 714 g/mol. The molecule has 0 aliphatic carbocycles. The second kappa shape index (κ2) is 18.7. The average Bonchev–Trinajstić information content (AvgIpc) is 3.16. The van der Waals surface area contributed by atoms with Gasteiger partial charge in [0, 0.05) is 44.4 Å². The van der Waals surface area contributed by atoms with E-state index in [4.69, 9.17) is 33.2 Å². The fraction of sp³-hybridized carbons (Fsp3) is 0.951. The molecule has 0 bridgehead atoms. The first kappa shape index (κ1) is 46.4. The number of hydrogen-bond donors (Lipinski definition) is 4. The molecule has 14 heteroatoms. The van der Waals surface area contributed by atoms with Gasteiger partial charge in [-0.05, 0) is 86.7 Å². The molecule has 4 N–H and O–H groups in total. The number of ether oxygens (including phenoxy) is 7. The Morgan fingerprint density at radius 3 is 2.02 bits per heavy atom. The normalized spacial score (nSPS) is 48.9. The van der Waals surface area contributed by atoms with Crippen molar-refractivity contribution in [3.8, 4) is 0 Å². The molecular formula is C41H73NO13. The van der Waals surface area contributed by atoms with E-state index in [-0.39, 0.29) is 37.2 Å². The number of likely N-dealkylation sites (tertiary alicyclic amines) is 1. The molecule has 0 spiro atoms. The molecule has 0 radical (unpaired) electrons. The number of nitrogens with zero attached hydrogens (tertiary/aromatic N) is 1. The van der Waals surface area contributed by atoms with E-state index in [0.717, 1.165) is 32.4 Å². The lowest BCUT2D eigenvalue weighted by Gasteiger charge is -2.50. The lowest BCUT2D eigenvalue weighted by molar-refractivity contribution is -0.320. The molecule has 55 heavy (non-hydrogen) atoms. The number of cyclic esters (lactones) is 1. The first-order chi connectivity index (χ1) is 25.6. The second-order valence-corrected chi connectivity index (χ2v) is 17.8. The van der Waals surface area contributed by atoms with E-state index in [1.54, 1.807) is 41.5 Å². The van der Waals surface area contributed by atoms with Gasteiger partial charge in [-0.2, -0.15) is 0 Å². The van der Waals surface area contributed by atoms with Gasteiger partial charge >= 0.3 is 5.97 Å². The van der Waals surface area contributed by atoms with Gasteiger partial charge in [-0.15, -0.1) is 0 Å². The first-order valence-electron chi connectivity index (χ1n) is 20.6. The molecule has 0 aromatic rings. The summed E-state index contributed by atoms with van der Waals surface area (Å²) in [5.41, 5.74) is -4.23. The molecule has 0 saturated carbocycles. The minimum absolute atomic E-state index is 0.123. The highest BCUT2D eigenvalue weighted by Gasteiger charge is 2.54.